The van der Waals surface area contributed by atoms with Crippen molar-refractivity contribution in [1.82, 2.24) is 14.9 Å². The normalized spacial score (nSPS) is 10.9. The fourth-order valence-electron chi connectivity index (χ4n) is 3.44. The second-order valence-electron chi connectivity index (χ2n) is 6.96. The quantitative estimate of drug-likeness (QED) is 0.456. The molecule has 3 aromatic carbocycles. The molecule has 5 aromatic rings. The third-order valence-electron chi connectivity index (χ3n) is 4.90. The summed E-state index contributed by atoms with van der Waals surface area (Å²) in [6, 6.07) is 25.6. The number of carbonyl (C=O) groups excluding carboxylic acids is 1. The first kappa shape index (κ1) is 17.9. The van der Waals surface area contributed by atoms with E-state index in [1.54, 1.807) is 23.1 Å². The first-order valence-corrected chi connectivity index (χ1v) is 9.59. The molecule has 0 aliphatic heterocycles. The Kier molecular flexibility index (Phi) is 4.57. The monoisotopic (exact) mass is 394 g/mol. The average Bonchev–Trinajstić information content (AvgIpc) is 3.45. The maximum Gasteiger partial charge on any atom is 0.277 e. The first-order valence-electron chi connectivity index (χ1n) is 9.59. The van der Waals surface area contributed by atoms with Gasteiger partial charge in [-0.3, -0.25) is 9.48 Å². The van der Waals surface area contributed by atoms with Crippen LogP contribution in [-0.2, 0) is 6.54 Å². The van der Waals surface area contributed by atoms with E-state index in [4.69, 9.17) is 4.52 Å². The number of nitrogens with one attached hydrogen (secondary N) is 1. The maximum atomic E-state index is 12.5. The molecule has 1 amide bonds. The SMILES string of the molecule is O=C(Nc1cnn(Cc2cccc3ccccc23)c1)c1cc(-c2ccccc2)on1. The van der Waals surface area contributed by atoms with E-state index in [1.165, 1.54) is 10.8 Å². The van der Waals surface area contributed by atoms with Gasteiger partial charge in [-0.1, -0.05) is 78.0 Å². The second kappa shape index (κ2) is 7.67. The van der Waals surface area contributed by atoms with Gasteiger partial charge in [0.15, 0.2) is 11.5 Å². The number of amides is 1. The van der Waals surface area contributed by atoms with Crippen molar-refractivity contribution in [2.45, 2.75) is 6.54 Å². The summed E-state index contributed by atoms with van der Waals surface area (Å²) >= 11 is 0. The van der Waals surface area contributed by atoms with Crippen LogP contribution < -0.4 is 5.32 Å². The predicted molar refractivity (Wildman–Crippen MR) is 115 cm³/mol. The number of hydrogen-bond donors (Lipinski definition) is 1. The van der Waals surface area contributed by atoms with Crippen molar-refractivity contribution in [3.8, 4) is 11.3 Å². The zero-order chi connectivity index (χ0) is 20.3. The number of hydrogen-bond acceptors (Lipinski definition) is 4. The molecule has 0 saturated carbocycles. The van der Waals surface area contributed by atoms with Crippen molar-refractivity contribution < 1.29 is 9.32 Å². The van der Waals surface area contributed by atoms with Gasteiger partial charge in [0.25, 0.3) is 5.91 Å². The summed E-state index contributed by atoms with van der Waals surface area (Å²) in [6.45, 7) is 0.610. The van der Waals surface area contributed by atoms with Crippen LogP contribution in [0.1, 0.15) is 16.1 Å². The number of aromatic nitrogens is 3. The number of carbonyl (C=O) groups is 1. The van der Waals surface area contributed by atoms with Gasteiger partial charge >= 0.3 is 0 Å². The summed E-state index contributed by atoms with van der Waals surface area (Å²) in [4.78, 5) is 12.5. The zero-order valence-corrected chi connectivity index (χ0v) is 16.0. The van der Waals surface area contributed by atoms with E-state index < -0.39 is 0 Å². The standard InChI is InChI=1S/C24H18N4O2/c29-24(22-13-23(30-27-22)18-8-2-1-3-9-18)26-20-14-25-28(16-20)15-19-11-6-10-17-7-4-5-12-21(17)19/h1-14,16H,15H2,(H,26,29). The second-order valence-corrected chi connectivity index (χ2v) is 6.96. The van der Waals surface area contributed by atoms with Crippen molar-refractivity contribution in [2.24, 2.45) is 0 Å². The zero-order valence-electron chi connectivity index (χ0n) is 16.0. The smallest absolute Gasteiger partial charge is 0.277 e. The summed E-state index contributed by atoms with van der Waals surface area (Å²) in [5.74, 6) is 0.207. The minimum absolute atomic E-state index is 0.218. The highest BCUT2D eigenvalue weighted by Gasteiger charge is 2.14. The molecule has 0 spiro atoms. The highest BCUT2D eigenvalue weighted by Crippen LogP contribution is 2.21. The third kappa shape index (κ3) is 3.58. The van der Waals surface area contributed by atoms with Gasteiger partial charge in [0.2, 0.25) is 0 Å². The van der Waals surface area contributed by atoms with Gasteiger partial charge in [0, 0.05) is 17.8 Å². The van der Waals surface area contributed by atoms with Crippen molar-refractivity contribution in [3.63, 3.8) is 0 Å². The summed E-state index contributed by atoms with van der Waals surface area (Å²) in [5.41, 5.74) is 2.85. The minimum Gasteiger partial charge on any atom is -0.355 e. The van der Waals surface area contributed by atoms with Gasteiger partial charge in [-0.25, -0.2) is 0 Å². The van der Waals surface area contributed by atoms with E-state index in [-0.39, 0.29) is 11.6 Å². The Labute approximate surface area is 172 Å². The number of nitrogens with zero attached hydrogens (tertiary/aromatic N) is 3. The lowest BCUT2D eigenvalue weighted by Gasteiger charge is -2.06. The Balaban J connectivity index is 1.30. The van der Waals surface area contributed by atoms with Crippen LogP contribution >= 0.6 is 0 Å². The van der Waals surface area contributed by atoms with E-state index in [0.717, 1.165) is 11.1 Å². The molecule has 5 rings (SSSR count). The van der Waals surface area contributed by atoms with Crippen LogP contribution in [0.15, 0.2) is 95.8 Å². The highest BCUT2D eigenvalue weighted by molar-refractivity contribution is 6.03. The van der Waals surface area contributed by atoms with Gasteiger partial charge in [-0.05, 0) is 16.3 Å². The molecular weight excluding hydrogens is 376 g/mol. The fraction of sp³-hybridized carbons (Fsp3) is 0.0417. The van der Waals surface area contributed by atoms with E-state index >= 15 is 0 Å². The summed E-state index contributed by atoms with van der Waals surface area (Å²) in [7, 11) is 0. The van der Waals surface area contributed by atoms with E-state index in [0.29, 0.717) is 18.0 Å². The molecule has 30 heavy (non-hydrogen) atoms. The van der Waals surface area contributed by atoms with E-state index in [2.05, 4.69) is 39.8 Å². The van der Waals surface area contributed by atoms with E-state index in [9.17, 15) is 4.79 Å². The Bertz CT molecular complexity index is 1320. The Morgan fingerprint density at radius 3 is 2.67 bits per heavy atom. The molecule has 146 valence electrons. The van der Waals surface area contributed by atoms with Gasteiger partial charge in [-0.15, -0.1) is 0 Å². The molecule has 0 unspecified atom stereocenters. The Hall–Kier alpha value is -4.19. The van der Waals surface area contributed by atoms with E-state index in [1.807, 2.05) is 48.5 Å². The first-order chi connectivity index (χ1) is 14.8. The molecule has 6 heteroatoms. The number of rotatable bonds is 5. The van der Waals surface area contributed by atoms with Crippen LogP contribution in [0.3, 0.4) is 0 Å². The summed E-state index contributed by atoms with van der Waals surface area (Å²) in [6.07, 6.45) is 3.43. The average molecular weight is 394 g/mol. The lowest BCUT2D eigenvalue weighted by molar-refractivity contribution is 0.101. The molecule has 0 aliphatic rings. The van der Waals surface area contributed by atoms with Crippen LogP contribution in [0.4, 0.5) is 5.69 Å². The number of fused-ring (bicyclic) bond motifs is 1. The van der Waals surface area contributed by atoms with Crippen molar-refractivity contribution in [1.29, 1.82) is 0 Å². The molecule has 6 nitrogen and oxygen atoms in total. The lowest BCUT2D eigenvalue weighted by atomic mass is 10.0. The Morgan fingerprint density at radius 1 is 0.967 bits per heavy atom. The van der Waals surface area contributed by atoms with Crippen LogP contribution in [0, 0.1) is 0 Å². The van der Waals surface area contributed by atoms with Crippen LogP contribution in [0.25, 0.3) is 22.1 Å². The Morgan fingerprint density at radius 2 is 1.77 bits per heavy atom. The van der Waals surface area contributed by atoms with Gasteiger partial charge in [-0.2, -0.15) is 5.10 Å². The summed E-state index contributed by atoms with van der Waals surface area (Å²) in [5, 5.41) is 13.5. The molecule has 0 fully saturated rings. The van der Waals surface area contributed by atoms with Crippen LogP contribution in [0.2, 0.25) is 0 Å². The summed E-state index contributed by atoms with van der Waals surface area (Å²) < 4.78 is 7.10. The molecular formula is C24H18N4O2. The topological polar surface area (TPSA) is 73.0 Å². The molecule has 0 saturated heterocycles. The van der Waals surface area contributed by atoms with Gasteiger partial charge < -0.3 is 9.84 Å². The molecule has 0 atom stereocenters. The number of anilines is 1. The molecule has 2 heterocycles. The van der Waals surface area contributed by atoms with Crippen LogP contribution in [0.5, 0.6) is 0 Å². The fourth-order valence-corrected chi connectivity index (χ4v) is 3.44. The molecule has 0 bridgehead atoms. The predicted octanol–water partition coefficient (Wildman–Crippen LogP) is 4.99. The number of benzene rings is 3. The third-order valence-corrected chi connectivity index (χ3v) is 4.90. The van der Waals surface area contributed by atoms with Gasteiger partial charge in [0.1, 0.15) is 0 Å². The van der Waals surface area contributed by atoms with Crippen molar-refractivity contribution >= 4 is 22.4 Å². The largest absolute Gasteiger partial charge is 0.355 e. The van der Waals surface area contributed by atoms with Gasteiger partial charge in [0.05, 0.1) is 18.4 Å². The van der Waals surface area contributed by atoms with Crippen molar-refractivity contribution in [2.75, 3.05) is 5.32 Å². The molecule has 2 aromatic heterocycles. The highest BCUT2D eigenvalue weighted by atomic mass is 16.5. The molecule has 1 N–H and O–H groups in total. The maximum absolute atomic E-state index is 12.5. The molecule has 0 aliphatic carbocycles. The van der Waals surface area contributed by atoms with Crippen LogP contribution in [-0.4, -0.2) is 20.8 Å². The minimum atomic E-state index is -0.342. The lowest BCUT2D eigenvalue weighted by Crippen LogP contribution is -2.11. The molecule has 0 radical (unpaired) electrons. The van der Waals surface area contributed by atoms with Crippen molar-refractivity contribution in [3.05, 3.63) is 103 Å².